The van der Waals surface area contributed by atoms with Crippen molar-refractivity contribution >= 4 is 49.0 Å². The monoisotopic (exact) mass is 400 g/mol. The Morgan fingerprint density at radius 3 is 2.00 bits per heavy atom. The predicted octanol–water partition coefficient (Wildman–Crippen LogP) is 1.84. The highest BCUT2D eigenvalue weighted by Gasteiger charge is 2.17. The summed E-state index contributed by atoms with van der Waals surface area (Å²) < 4.78 is 4.50. The summed E-state index contributed by atoms with van der Waals surface area (Å²) >= 11 is 4.24. The average molecular weight is 400 g/mol. The van der Waals surface area contributed by atoms with E-state index in [1.165, 1.54) is 14.0 Å². The van der Waals surface area contributed by atoms with Gasteiger partial charge in [0.25, 0.3) is 0 Å². The molecule has 0 heterocycles. The minimum atomic E-state index is -1.10. The number of hydrogen-bond acceptors (Lipinski definition) is 3. The predicted molar refractivity (Wildman–Crippen MR) is 61.8 cm³/mol. The van der Waals surface area contributed by atoms with Gasteiger partial charge in [0.1, 0.15) is 5.78 Å². The number of Topliss-reactive ketones (excluding diaryl/α,β-unsaturated/α-hetero) is 1. The number of carboxylic acid groups (broad SMARTS) is 1. The summed E-state index contributed by atoms with van der Waals surface area (Å²) in [6.45, 7) is 1.33. The van der Waals surface area contributed by atoms with Crippen LogP contribution in [0, 0.1) is 0 Å². The quantitative estimate of drug-likeness (QED) is 0.732. The summed E-state index contributed by atoms with van der Waals surface area (Å²) in [7, 11) is 1.27. The second-order valence-electron chi connectivity index (χ2n) is 1.97. The number of rotatable bonds is 4. The number of aliphatic carboxylic acids is 1. The molecule has 12 heavy (non-hydrogen) atoms. The summed E-state index contributed by atoms with van der Waals surface area (Å²) in [4.78, 5) is 20.6. The summed E-state index contributed by atoms with van der Waals surface area (Å²) in [5.74, 6) is -1.29. The molecule has 0 aliphatic rings. The van der Waals surface area contributed by atoms with Crippen molar-refractivity contribution in [2.75, 3.05) is 7.11 Å². The first-order valence-corrected chi connectivity index (χ1v) is 9.25. The lowest BCUT2D eigenvalue weighted by Crippen LogP contribution is -2.24. The van der Waals surface area contributed by atoms with Gasteiger partial charge >= 0.3 is 5.97 Å². The van der Waals surface area contributed by atoms with Crippen LogP contribution in [0.1, 0.15) is 13.3 Å². The number of ether oxygens (including phenoxy) is 1. The largest absolute Gasteiger partial charge is 0.479 e. The number of carbonyl (C=O) groups is 2. The molecule has 1 N–H and O–H groups in total. The lowest BCUT2D eigenvalue weighted by atomic mass is 10.2. The van der Waals surface area contributed by atoms with Crippen LogP contribution in [0.25, 0.3) is 0 Å². The third-order valence-electron chi connectivity index (χ3n) is 1.03. The zero-order chi connectivity index (χ0) is 10.1. The molecule has 4 nitrogen and oxygen atoms in total. The number of ketones is 1. The molecule has 0 aromatic rings. The Labute approximate surface area is 94.4 Å². The molecule has 1 unspecified atom stereocenters. The second kappa shape index (κ2) is 9.65. The lowest BCUT2D eigenvalue weighted by molar-refractivity contribution is -0.150. The van der Waals surface area contributed by atoms with Gasteiger partial charge in [-0.2, -0.15) is 0 Å². The Bertz CT molecular complexity index is 148. The van der Waals surface area contributed by atoms with E-state index < -0.39 is 12.1 Å². The van der Waals surface area contributed by atoms with Gasteiger partial charge in [0, 0.05) is 50.8 Å². The molecule has 0 aliphatic carbocycles. The van der Waals surface area contributed by atoms with Gasteiger partial charge in [0.05, 0.1) is 0 Å². The third-order valence-corrected chi connectivity index (χ3v) is 1.03. The Morgan fingerprint density at radius 1 is 1.50 bits per heavy atom. The topological polar surface area (TPSA) is 63.6 Å². The first kappa shape index (κ1) is 15.1. The van der Waals surface area contributed by atoms with E-state index >= 15 is 0 Å². The van der Waals surface area contributed by atoms with Crippen LogP contribution >= 0.6 is 37.2 Å². The Hall–Kier alpha value is 0.560. The number of methoxy groups -OCH3 is 1. The van der Waals surface area contributed by atoms with Crippen molar-refractivity contribution in [3.8, 4) is 0 Å². The molecular formula is C6H10I2O4. The van der Waals surface area contributed by atoms with E-state index in [9.17, 15) is 9.59 Å². The van der Waals surface area contributed by atoms with E-state index in [0.717, 1.165) is 0 Å². The molecule has 0 spiro atoms. The Morgan fingerprint density at radius 2 is 1.92 bits per heavy atom. The van der Waals surface area contributed by atoms with E-state index in [1.54, 1.807) is 0 Å². The molecule has 0 fully saturated rings. The molecule has 6 heteroatoms. The van der Waals surface area contributed by atoms with E-state index in [0.29, 0.717) is 0 Å². The van der Waals surface area contributed by atoms with E-state index in [4.69, 9.17) is 5.11 Å². The van der Waals surface area contributed by atoms with Crippen LogP contribution in [0.2, 0.25) is 0 Å². The molecule has 0 rings (SSSR count). The average Bonchev–Trinajstić information content (AvgIpc) is 2.03. The van der Waals surface area contributed by atoms with Crippen molar-refractivity contribution in [3.05, 3.63) is 0 Å². The molecule has 0 saturated carbocycles. The Balaban J connectivity index is 0. The summed E-state index contributed by atoms with van der Waals surface area (Å²) in [5, 5.41) is 8.34. The van der Waals surface area contributed by atoms with E-state index in [-0.39, 0.29) is 12.2 Å². The third kappa shape index (κ3) is 8.65. The SMILES string of the molecule is COC(CC(C)=O)C(=O)O.II. The first-order chi connectivity index (χ1) is 5.57. The van der Waals surface area contributed by atoms with Gasteiger partial charge in [0.2, 0.25) is 0 Å². The smallest absolute Gasteiger partial charge is 0.333 e. The van der Waals surface area contributed by atoms with Crippen LogP contribution < -0.4 is 0 Å². The van der Waals surface area contributed by atoms with Crippen LogP contribution in [0.5, 0.6) is 0 Å². The minimum Gasteiger partial charge on any atom is -0.479 e. The van der Waals surface area contributed by atoms with Gasteiger partial charge in [-0.1, -0.05) is 0 Å². The van der Waals surface area contributed by atoms with Crippen molar-refractivity contribution in [1.82, 2.24) is 0 Å². The molecular weight excluding hydrogens is 390 g/mol. The van der Waals surface area contributed by atoms with Gasteiger partial charge in [-0.15, -0.1) is 0 Å². The normalized spacial score (nSPS) is 11.0. The summed E-state index contributed by atoms with van der Waals surface area (Å²) in [6.07, 6.45) is -1.05. The zero-order valence-electron chi connectivity index (χ0n) is 6.71. The molecule has 0 aromatic carbocycles. The maximum atomic E-state index is 10.4. The fraction of sp³-hybridized carbons (Fsp3) is 0.667. The van der Waals surface area contributed by atoms with Crippen LogP contribution in [0.4, 0.5) is 0 Å². The molecule has 0 aliphatic heterocycles. The van der Waals surface area contributed by atoms with Crippen LogP contribution in [-0.2, 0) is 14.3 Å². The van der Waals surface area contributed by atoms with Crippen LogP contribution in [0.15, 0.2) is 0 Å². The summed E-state index contributed by atoms with van der Waals surface area (Å²) in [5.41, 5.74) is 0. The minimum absolute atomic E-state index is 0.0637. The molecule has 0 saturated heterocycles. The van der Waals surface area contributed by atoms with Gasteiger partial charge in [0.15, 0.2) is 6.10 Å². The van der Waals surface area contributed by atoms with Gasteiger partial charge in [-0.25, -0.2) is 4.79 Å². The summed E-state index contributed by atoms with van der Waals surface area (Å²) in [6, 6.07) is 0. The lowest BCUT2D eigenvalue weighted by Gasteiger charge is -2.06. The van der Waals surface area contributed by atoms with Crippen LogP contribution in [0.3, 0.4) is 0 Å². The van der Waals surface area contributed by atoms with E-state index in [1.807, 2.05) is 0 Å². The number of carboxylic acids is 1. The van der Waals surface area contributed by atoms with Crippen molar-refractivity contribution in [1.29, 1.82) is 0 Å². The fourth-order valence-corrected chi connectivity index (χ4v) is 0.533. The molecule has 0 aromatic heterocycles. The van der Waals surface area contributed by atoms with Crippen molar-refractivity contribution in [2.45, 2.75) is 19.4 Å². The van der Waals surface area contributed by atoms with Gasteiger partial charge in [-0.3, -0.25) is 4.79 Å². The number of hydrogen-bond donors (Lipinski definition) is 1. The van der Waals surface area contributed by atoms with Gasteiger partial charge in [-0.05, 0) is 6.92 Å². The number of halogens is 2. The highest BCUT2D eigenvalue weighted by atomic mass is 128. The molecule has 0 bridgehead atoms. The highest BCUT2D eigenvalue weighted by Crippen LogP contribution is 1.97. The van der Waals surface area contributed by atoms with Crippen LogP contribution in [-0.4, -0.2) is 30.1 Å². The van der Waals surface area contributed by atoms with Crippen molar-refractivity contribution < 1.29 is 19.4 Å². The first-order valence-electron chi connectivity index (χ1n) is 2.97. The molecule has 1 atom stereocenters. The highest BCUT2D eigenvalue weighted by molar-refractivity contribution is 15.0. The zero-order valence-corrected chi connectivity index (χ0v) is 11.0. The fourth-order valence-electron chi connectivity index (χ4n) is 0.533. The standard InChI is InChI=1S/C6H10O4.I2/c1-4(7)3-5(10-2)6(8)9;1-2/h5H,3H2,1-2H3,(H,8,9);. The maximum absolute atomic E-state index is 10.4. The second-order valence-corrected chi connectivity index (χ2v) is 1.97. The van der Waals surface area contributed by atoms with Crippen molar-refractivity contribution in [2.24, 2.45) is 0 Å². The maximum Gasteiger partial charge on any atom is 0.333 e. The van der Waals surface area contributed by atoms with Crippen molar-refractivity contribution in [3.63, 3.8) is 0 Å². The molecule has 0 radical (unpaired) electrons. The number of carbonyl (C=O) groups excluding carboxylic acids is 1. The molecule has 0 amide bonds. The van der Waals surface area contributed by atoms with Gasteiger partial charge < -0.3 is 9.84 Å². The Kier molecular flexibility index (Phi) is 12.1. The van der Waals surface area contributed by atoms with E-state index in [2.05, 4.69) is 42.0 Å². The molecule has 72 valence electrons.